The number of nitrogens with one attached hydrogen (secondary N) is 1. The third-order valence-corrected chi connectivity index (χ3v) is 5.62. The second kappa shape index (κ2) is 7.70. The highest BCUT2D eigenvalue weighted by atomic mass is 16.2. The normalized spacial score (nSPS) is 16.8. The molecule has 1 N–H and O–H groups in total. The van der Waals surface area contributed by atoms with Crippen LogP contribution in [0.2, 0.25) is 0 Å². The fourth-order valence-corrected chi connectivity index (χ4v) is 4.06. The van der Waals surface area contributed by atoms with Crippen LogP contribution in [0, 0.1) is 19.8 Å². The molecule has 1 aliphatic heterocycles. The number of para-hydroxylation sites is 1. The van der Waals surface area contributed by atoms with E-state index in [-0.39, 0.29) is 17.6 Å². The smallest absolute Gasteiger partial charge is 0.292 e. The van der Waals surface area contributed by atoms with Gasteiger partial charge in [0.15, 0.2) is 5.69 Å². The second-order valence-electron chi connectivity index (χ2n) is 7.96. The van der Waals surface area contributed by atoms with Gasteiger partial charge in [0, 0.05) is 25.0 Å². The molecule has 0 aliphatic carbocycles. The van der Waals surface area contributed by atoms with Gasteiger partial charge < -0.3 is 10.2 Å². The fraction of sp³-hybridized carbons (Fsp3) is 0.348. The summed E-state index contributed by atoms with van der Waals surface area (Å²) in [7, 11) is 0. The predicted molar refractivity (Wildman–Crippen MR) is 113 cm³/mol. The molecule has 0 spiro atoms. The van der Waals surface area contributed by atoms with E-state index in [4.69, 9.17) is 0 Å². The third-order valence-electron chi connectivity index (χ3n) is 5.62. The predicted octanol–water partition coefficient (Wildman–Crippen LogP) is 4.08. The second-order valence-corrected chi connectivity index (χ2v) is 7.96. The zero-order chi connectivity index (χ0) is 20.5. The van der Waals surface area contributed by atoms with Crippen molar-refractivity contribution >= 4 is 23.0 Å². The van der Waals surface area contributed by atoms with Crippen molar-refractivity contribution in [1.82, 2.24) is 14.3 Å². The number of benzene rings is 1. The molecular formula is C23H26N4O2. The van der Waals surface area contributed by atoms with Crippen molar-refractivity contribution in [1.29, 1.82) is 0 Å². The lowest BCUT2D eigenvalue weighted by molar-refractivity contribution is 0.0679. The molecule has 1 aromatic carbocycles. The Hall–Kier alpha value is -3.15. The molecule has 2 aromatic heterocycles. The molecule has 0 saturated carbocycles. The summed E-state index contributed by atoms with van der Waals surface area (Å²) >= 11 is 0. The van der Waals surface area contributed by atoms with Gasteiger partial charge in [-0.25, -0.2) is 4.98 Å². The van der Waals surface area contributed by atoms with E-state index in [1.165, 1.54) is 0 Å². The Morgan fingerprint density at radius 1 is 1.10 bits per heavy atom. The van der Waals surface area contributed by atoms with Crippen LogP contribution >= 0.6 is 0 Å². The van der Waals surface area contributed by atoms with Crippen molar-refractivity contribution in [2.24, 2.45) is 5.92 Å². The van der Waals surface area contributed by atoms with Crippen LogP contribution in [0.25, 0.3) is 5.52 Å². The van der Waals surface area contributed by atoms with E-state index in [2.05, 4.69) is 17.2 Å². The van der Waals surface area contributed by atoms with Gasteiger partial charge in [0.25, 0.3) is 11.8 Å². The number of likely N-dealkylation sites (tertiary alicyclic amines) is 1. The van der Waals surface area contributed by atoms with Gasteiger partial charge in [-0.05, 0) is 55.9 Å². The number of amides is 2. The van der Waals surface area contributed by atoms with Gasteiger partial charge in [0.2, 0.25) is 5.82 Å². The Bertz CT molecular complexity index is 1070. The standard InChI is InChI=1S/C23H26N4O2/c1-15-8-7-12-26(14-15)23(29)20-18-11-4-5-13-27(18)21(24-20)22(28)25-19-16(2)9-6-10-17(19)3/h4-6,9-11,13,15H,7-8,12,14H2,1-3H3,(H,25,28). The molecule has 1 saturated heterocycles. The molecular weight excluding hydrogens is 364 g/mol. The number of imidazole rings is 1. The summed E-state index contributed by atoms with van der Waals surface area (Å²) < 4.78 is 1.70. The number of carbonyl (C=O) groups excluding carboxylic acids is 2. The first-order chi connectivity index (χ1) is 14.0. The number of pyridine rings is 1. The van der Waals surface area contributed by atoms with Crippen molar-refractivity contribution < 1.29 is 9.59 Å². The number of rotatable bonds is 3. The maximum Gasteiger partial charge on any atom is 0.292 e. The lowest BCUT2D eigenvalue weighted by atomic mass is 10.00. The Labute approximate surface area is 170 Å². The number of aromatic nitrogens is 2. The van der Waals surface area contributed by atoms with Crippen LogP contribution in [-0.4, -0.2) is 39.2 Å². The van der Waals surface area contributed by atoms with Crippen LogP contribution in [0.4, 0.5) is 5.69 Å². The number of nitrogens with zero attached hydrogens (tertiary/aromatic N) is 3. The summed E-state index contributed by atoms with van der Waals surface area (Å²) in [6.07, 6.45) is 3.91. The van der Waals surface area contributed by atoms with Gasteiger partial charge in [-0.15, -0.1) is 0 Å². The number of piperidine rings is 1. The van der Waals surface area contributed by atoms with Crippen molar-refractivity contribution in [2.45, 2.75) is 33.6 Å². The summed E-state index contributed by atoms with van der Waals surface area (Å²) in [5.74, 6) is 0.270. The van der Waals surface area contributed by atoms with Crippen LogP contribution in [0.1, 0.15) is 52.0 Å². The van der Waals surface area contributed by atoms with Crippen molar-refractivity contribution in [3.8, 4) is 0 Å². The number of fused-ring (bicyclic) bond motifs is 1. The van der Waals surface area contributed by atoms with Gasteiger partial charge in [0.05, 0.1) is 5.52 Å². The van der Waals surface area contributed by atoms with E-state index in [9.17, 15) is 9.59 Å². The lowest BCUT2D eigenvalue weighted by Crippen LogP contribution is -2.39. The summed E-state index contributed by atoms with van der Waals surface area (Å²) in [6.45, 7) is 7.54. The molecule has 1 atom stereocenters. The molecule has 1 unspecified atom stereocenters. The molecule has 1 aliphatic rings. The van der Waals surface area contributed by atoms with Gasteiger partial charge >= 0.3 is 0 Å². The van der Waals surface area contributed by atoms with Gasteiger partial charge in [-0.1, -0.05) is 31.2 Å². The van der Waals surface area contributed by atoms with E-state index in [0.717, 1.165) is 42.7 Å². The Balaban J connectivity index is 1.71. The highest BCUT2D eigenvalue weighted by molar-refractivity contribution is 6.06. The van der Waals surface area contributed by atoms with Crippen LogP contribution in [0.3, 0.4) is 0 Å². The number of aryl methyl sites for hydroxylation is 2. The molecule has 6 nitrogen and oxygen atoms in total. The maximum absolute atomic E-state index is 13.2. The molecule has 3 heterocycles. The highest BCUT2D eigenvalue weighted by Crippen LogP contribution is 2.23. The SMILES string of the molecule is Cc1cccc(C)c1NC(=O)c1nc(C(=O)N2CCCC(C)C2)c2ccccn12. The Morgan fingerprint density at radius 3 is 2.59 bits per heavy atom. The minimum atomic E-state index is -0.324. The minimum Gasteiger partial charge on any atom is -0.337 e. The molecule has 6 heteroatoms. The van der Waals surface area contributed by atoms with E-state index in [1.54, 1.807) is 10.6 Å². The summed E-state index contributed by atoms with van der Waals surface area (Å²) in [4.78, 5) is 32.6. The Kier molecular flexibility index (Phi) is 5.09. The summed E-state index contributed by atoms with van der Waals surface area (Å²) in [5.41, 5.74) is 3.74. The molecule has 29 heavy (non-hydrogen) atoms. The molecule has 0 radical (unpaired) electrons. The van der Waals surface area contributed by atoms with Crippen molar-refractivity contribution in [3.05, 3.63) is 65.2 Å². The van der Waals surface area contributed by atoms with Gasteiger partial charge in [0.1, 0.15) is 0 Å². The first-order valence-corrected chi connectivity index (χ1v) is 10.1. The third kappa shape index (κ3) is 3.62. The zero-order valence-corrected chi connectivity index (χ0v) is 17.1. The summed E-state index contributed by atoms with van der Waals surface area (Å²) in [6, 6.07) is 11.4. The first kappa shape index (κ1) is 19.2. The quantitative estimate of drug-likeness (QED) is 0.733. The molecule has 150 valence electrons. The number of hydrogen-bond donors (Lipinski definition) is 1. The van der Waals surface area contributed by atoms with E-state index in [1.807, 2.05) is 55.1 Å². The van der Waals surface area contributed by atoms with Crippen LogP contribution < -0.4 is 5.32 Å². The highest BCUT2D eigenvalue weighted by Gasteiger charge is 2.28. The zero-order valence-electron chi connectivity index (χ0n) is 17.1. The fourth-order valence-electron chi connectivity index (χ4n) is 4.06. The van der Waals surface area contributed by atoms with Gasteiger partial charge in [-0.2, -0.15) is 0 Å². The maximum atomic E-state index is 13.2. The van der Waals surface area contributed by atoms with Crippen LogP contribution in [0.15, 0.2) is 42.6 Å². The minimum absolute atomic E-state index is 0.105. The first-order valence-electron chi connectivity index (χ1n) is 10.1. The monoisotopic (exact) mass is 390 g/mol. The van der Waals surface area contributed by atoms with E-state index >= 15 is 0 Å². The van der Waals surface area contributed by atoms with Crippen LogP contribution in [-0.2, 0) is 0 Å². The molecule has 0 bridgehead atoms. The number of anilines is 1. The average molecular weight is 390 g/mol. The average Bonchev–Trinajstić information content (AvgIpc) is 3.10. The molecule has 2 amide bonds. The van der Waals surface area contributed by atoms with Crippen LogP contribution in [0.5, 0.6) is 0 Å². The lowest BCUT2D eigenvalue weighted by Gasteiger charge is -2.30. The molecule has 3 aromatic rings. The summed E-state index contributed by atoms with van der Waals surface area (Å²) in [5, 5.41) is 2.98. The van der Waals surface area contributed by atoms with E-state index in [0.29, 0.717) is 17.1 Å². The molecule has 1 fully saturated rings. The van der Waals surface area contributed by atoms with Crippen molar-refractivity contribution in [3.63, 3.8) is 0 Å². The topological polar surface area (TPSA) is 66.7 Å². The Morgan fingerprint density at radius 2 is 1.86 bits per heavy atom. The number of carbonyl (C=O) groups is 2. The van der Waals surface area contributed by atoms with Gasteiger partial charge in [-0.3, -0.25) is 14.0 Å². The number of hydrogen-bond acceptors (Lipinski definition) is 3. The van der Waals surface area contributed by atoms with Crippen molar-refractivity contribution in [2.75, 3.05) is 18.4 Å². The molecule has 4 rings (SSSR count). The largest absolute Gasteiger partial charge is 0.337 e. The van der Waals surface area contributed by atoms with E-state index < -0.39 is 0 Å².